The Balaban J connectivity index is 2.27. The van der Waals surface area contributed by atoms with E-state index in [1.807, 2.05) is 0 Å². The molecule has 0 aliphatic carbocycles. The monoisotopic (exact) mass is 206 g/mol. The summed E-state index contributed by atoms with van der Waals surface area (Å²) in [4.78, 5) is 10.5. The average molecular weight is 206 g/mol. The van der Waals surface area contributed by atoms with E-state index >= 15 is 0 Å². The molecule has 0 amide bonds. The molecule has 12 heavy (non-hydrogen) atoms. The molecule has 1 fully saturated rings. The second-order valence-corrected chi connectivity index (χ2v) is 3.70. The van der Waals surface area contributed by atoms with Crippen LogP contribution >= 0.6 is 25.3 Å². The second kappa shape index (κ2) is 3.72. The minimum Gasteiger partial charge on any atom is -0.458 e. The fourth-order valence-electron chi connectivity index (χ4n) is 0.511. The number of rotatable bonds is 3. The predicted octanol–water partition coefficient (Wildman–Crippen LogP) is 1.02. The van der Waals surface area contributed by atoms with Crippen molar-refractivity contribution in [2.75, 3.05) is 13.2 Å². The Morgan fingerprint density at radius 3 is 2.83 bits per heavy atom. The number of carbonyl (C=O) groups excluding carboxylic acids is 1. The first-order valence-corrected chi connectivity index (χ1v) is 4.38. The van der Waals surface area contributed by atoms with Crippen molar-refractivity contribution in [2.45, 2.75) is 11.9 Å². The van der Waals surface area contributed by atoms with Gasteiger partial charge >= 0.3 is 5.97 Å². The summed E-state index contributed by atoms with van der Waals surface area (Å²) in [7, 11) is 0. The number of hydrogen-bond acceptors (Lipinski definition) is 5. The number of epoxide rings is 1. The third kappa shape index (κ3) is 2.73. The van der Waals surface area contributed by atoms with E-state index < -0.39 is 4.93 Å². The molecule has 68 valence electrons. The molecule has 0 aromatic carbocycles. The summed E-state index contributed by atoms with van der Waals surface area (Å²) in [5.41, 5.74) is 0.468. The maximum Gasteiger partial charge on any atom is 0.334 e. The van der Waals surface area contributed by atoms with Gasteiger partial charge in [0.05, 0.1) is 6.61 Å². The highest BCUT2D eigenvalue weighted by Gasteiger charge is 2.42. The van der Waals surface area contributed by atoms with Gasteiger partial charge in [0.1, 0.15) is 6.61 Å². The Labute approximate surface area is 81.9 Å². The van der Waals surface area contributed by atoms with Gasteiger partial charge in [-0.2, -0.15) is 12.6 Å². The first-order chi connectivity index (χ1) is 5.57. The molecule has 0 N–H and O–H groups in total. The van der Waals surface area contributed by atoms with Crippen molar-refractivity contribution >= 4 is 31.2 Å². The summed E-state index contributed by atoms with van der Waals surface area (Å²) in [5, 5.41) is 1.40. The molecular formula is C7H10O3S2. The molecule has 3 nitrogen and oxygen atoms in total. The van der Waals surface area contributed by atoms with Crippen molar-refractivity contribution in [3.05, 3.63) is 11.0 Å². The highest BCUT2D eigenvalue weighted by Crippen LogP contribution is 2.31. The highest BCUT2D eigenvalue weighted by molar-refractivity contribution is 7.83. The van der Waals surface area contributed by atoms with Gasteiger partial charge in [0.25, 0.3) is 0 Å². The number of esters is 1. The molecule has 1 heterocycles. The van der Waals surface area contributed by atoms with Crippen LogP contribution in [0.5, 0.6) is 0 Å². The van der Waals surface area contributed by atoms with Crippen molar-refractivity contribution in [1.82, 2.24) is 0 Å². The first-order valence-electron chi connectivity index (χ1n) is 3.42. The summed E-state index contributed by atoms with van der Waals surface area (Å²) < 4.78 is 9.77. The molecule has 1 rings (SSSR count). The second-order valence-electron chi connectivity index (χ2n) is 2.62. The summed E-state index contributed by atoms with van der Waals surface area (Å²) >= 11 is 7.92. The van der Waals surface area contributed by atoms with Gasteiger partial charge in [-0.25, -0.2) is 4.79 Å². The van der Waals surface area contributed by atoms with Crippen LogP contribution < -0.4 is 0 Å². The quantitative estimate of drug-likeness (QED) is 0.313. The molecule has 0 saturated carbocycles. The van der Waals surface area contributed by atoms with Gasteiger partial charge in [0, 0.05) is 5.57 Å². The van der Waals surface area contributed by atoms with Crippen LogP contribution in [0.15, 0.2) is 11.0 Å². The van der Waals surface area contributed by atoms with Crippen LogP contribution in [0.4, 0.5) is 0 Å². The SMILES string of the molecule is C/C(=C\S)C(=O)OCC1(S)CO1. The number of hydrogen-bond donors (Lipinski definition) is 2. The van der Waals surface area contributed by atoms with Crippen LogP contribution in [0.2, 0.25) is 0 Å². The van der Waals surface area contributed by atoms with Crippen molar-refractivity contribution < 1.29 is 14.3 Å². The lowest BCUT2D eigenvalue weighted by atomic mass is 10.3. The molecular weight excluding hydrogens is 196 g/mol. The highest BCUT2D eigenvalue weighted by atomic mass is 32.1. The van der Waals surface area contributed by atoms with Gasteiger partial charge in [-0.1, -0.05) is 0 Å². The third-order valence-corrected chi connectivity index (χ3v) is 2.20. The third-order valence-electron chi connectivity index (χ3n) is 1.42. The Kier molecular flexibility index (Phi) is 3.09. The van der Waals surface area contributed by atoms with E-state index in [-0.39, 0.29) is 12.6 Å². The van der Waals surface area contributed by atoms with Crippen LogP contribution in [0.25, 0.3) is 0 Å². The number of carbonyl (C=O) groups is 1. The maximum atomic E-state index is 11.0. The molecule has 1 atom stereocenters. The van der Waals surface area contributed by atoms with Gasteiger partial charge in [-0.3, -0.25) is 0 Å². The zero-order valence-corrected chi connectivity index (χ0v) is 8.40. The summed E-state index contributed by atoms with van der Waals surface area (Å²) in [6, 6.07) is 0. The lowest BCUT2D eigenvalue weighted by Gasteiger charge is -2.05. The molecule has 0 bridgehead atoms. The van der Waals surface area contributed by atoms with E-state index in [1.165, 1.54) is 5.41 Å². The lowest BCUT2D eigenvalue weighted by molar-refractivity contribution is -0.139. The Morgan fingerprint density at radius 1 is 1.83 bits per heavy atom. The summed E-state index contributed by atoms with van der Waals surface area (Å²) in [5.74, 6) is -0.381. The van der Waals surface area contributed by atoms with E-state index in [4.69, 9.17) is 9.47 Å². The summed E-state index contributed by atoms with van der Waals surface area (Å²) in [6.07, 6.45) is 0. The maximum absolute atomic E-state index is 11.0. The zero-order chi connectivity index (χ0) is 9.19. The van der Waals surface area contributed by atoms with Crippen molar-refractivity contribution in [2.24, 2.45) is 0 Å². The molecule has 0 aromatic rings. The molecule has 0 aromatic heterocycles. The van der Waals surface area contributed by atoms with Crippen molar-refractivity contribution in [3.8, 4) is 0 Å². The van der Waals surface area contributed by atoms with E-state index in [2.05, 4.69) is 25.3 Å². The standard InChI is InChI=1S/C7H10O3S2/c1-5(2-11)6(8)9-3-7(12)4-10-7/h2,11-12H,3-4H2,1H3/b5-2+. The van der Waals surface area contributed by atoms with Crippen LogP contribution in [0.3, 0.4) is 0 Å². The Morgan fingerprint density at radius 2 is 2.42 bits per heavy atom. The van der Waals surface area contributed by atoms with Crippen LogP contribution in [-0.4, -0.2) is 24.1 Å². The van der Waals surface area contributed by atoms with Crippen LogP contribution in [0.1, 0.15) is 6.92 Å². The fourth-order valence-corrected chi connectivity index (χ4v) is 0.746. The van der Waals surface area contributed by atoms with E-state index in [0.717, 1.165) is 0 Å². The molecule has 0 radical (unpaired) electrons. The molecule has 1 saturated heterocycles. The lowest BCUT2D eigenvalue weighted by Crippen LogP contribution is -2.16. The predicted molar refractivity (Wildman–Crippen MR) is 51.4 cm³/mol. The minimum atomic E-state index is -0.535. The Bertz CT molecular complexity index is 221. The van der Waals surface area contributed by atoms with Gasteiger partial charge in [-0.05, 0) is 12.3 Å². The van der Waals surface area contributed by atoms with Crippen molar-refractivity contribution in [1.29, 1.82) is 0 Å². The molecule has 1 unspecified atom stereocenters. The summed E-state index contributed by atoms with van der Waals surface area (Å²) in [6.45, 7) is 2.36. The van der Waals surface area contributed by atoms with E-state index in [9.17, 15) is 4.79 Å². The van der Waals surface area contributed by atoms with Gasteiger partial charge < -0.3 is 9.47 Å². The van der Waals surface area contributed by atoms with Gasteiger partial charge in [0.2, 0.25) is 0 Å². The topological polar surface area (TPSA) is 38.8 Å². The molecule has 1 aliphatic heterocycles. The average Bonchev–Trinajstić information content (AvgIpc) is 2.79. The fraction of sp³-hybridized carbons (Fsp3) is 0.571. The number of thiol groups is 2. The van der Waals surface area contributed by atoms with Crippen LogP contribution in [-0.2, 0) is 14.3 Å². The zero-order valence-electron chi connectivity index (χ0n) is 6.61. The van der Waals surface area contributed by atoms with Gasteiger partial charge in [-0.15, -0.1) is 12.6 Å². The largest absolute Gasteiger partial charge is 0.458 e. The molecule has 0 spiro atoms. The molecule has 1 aliphatic rings. The normalized spacial score (nSPS) is 28.4. The number of ether oxygens (including phenoxy) is 2. The minimum absolute atomic E-state index is 0.188. The Hall–Kier alpha value is -0.130. The molecule has 5 heteroatoms. The van der Waals surface area contributed by atoms with Crippen LogP contribution in [0, 0.1) is 0 Å². The van der Waals surface area contributed by atoms with Gasteiger partial charge in [0.15, 0.2) is 4.93 Å². The van der Waals surface area contributed by atoms with E-state index in [0.29, 0.717) is 12.2 Å². The first kappa shape index (κ1) is 9.95. The smallest absolute Gasteiger partial charge is 0.334 e. The van der Waals surface area contributed by atoms with Crippen molar-refractivity contribution in [3.63, 3.8) is 0 Å². The van der Waals surface area contributed by atoms with E-state index in [1.54, 1.807) is 6.92 Å².